The minimum atomic E-state index is 0.0935. The van der Waals surface area contributed by atoms with Crippen LogP contribution in [0.4, 0.5) is 0 Å². The summed E-state index contributed by atoms with van der Waals surface area (Å²) in [4.78, 5) is 18.6. The second-order valence-electron chi connectivity index (χ2n) is 5.95. The lowest BCUT2D eigenvalue weighted by Crippen LogP contribution is -2.44. The highest BCUT2D eigenvalue weighted by Crippen LogP contribution is 2.13. The van der Waals surface area contributed by atoms with Crippen LogP contribution in [0.1, 0.15) is 38.3 Å². The van der Waals surface area contributed by atoms with Gasteiger partial charge < -0.3 is 11.1 Å². The summed E-state index contributed by atoms with van der Waals surface area (Å²) >= 11 is 0. The van der Waals surface area contributed by atoms with Crippen molar-refractivity contribution < 1.29 is 4.79 Å². The normalized spacial score (nSPS) is 18.4. The quantitative estimate of drug-likeness (QED) is 0.828. The minimum absolute atomic E-state index is 0.0935. The Hall–Kier alpha value is -1.46. The van der Waals surface area contributed by atoms with Gasteiger partial charge in [-0.1, -0.05) is 6.07 Å². The topological polar surface area (TPSA) is 71.2 Å². The molecule has 1 amide bonds. The van der Waals surface area contributed by atoms with E-state index in [4.69, 9.17) is 5.73 Å². The molecule has 21 heavy (non-hydrogen) atoms. The highest BCUT2D eigenvalue weighted by atomic mass is 16.1. The van der Waals surface area contributed by atoms with Crippen molar-refractivity contribution in [3.05, 3.63) is 30.1 Å². The van der Waals surface area contributed by atoms with Gasteiger partial charge in [0.15, 0.2) is 0 Å². The molecule has 116 valence electrons. The fraction of sp³-hybridized carbons (Fsp3) is 0.625. The SMILES string of the molecule is CC(N)CCC(=O)NC1CCN(Cc2ccccn2)CC1. The summed E-state index contributed by atoms with van der Waals surface area (Å²) in [5.41, 5.74) is 6.78. The maximum Gasteiger partial charge on any atom is 0.220 e. The number of hydrogen-bond acceptors (Lipinski definition) is 4. The number of likely N-dealkylation sites (tertiary alicyclic amines) is 1. The summed E-state index contributed by atoms with van der Waals surface area (Å²) in [5, 5.41) is 3.12. The first-order valence-electron chi connectivity index (χ1n) is 7.80. The number of amides is 1. The molecule has 1 aromatic heterocycles. The van der Waals surface area contributed by atoms with Gasteiger partial charge in [0, 0.05) is 44.3 Å². The molecule has 1 aliphatic rings. The number of aromatic nitrogens is 1. The van der Waals surface area contributed by atoms with Crippen LogP contribution in [-0.4, -0.2) is 41.0 Å². The van der Waals surface area contributed by atoms with Crippen molar-refractivity contribution in [2.24, 2.45) is 5.73 Å². The molecule has 1 aromatic rings. The molecule has 1 aliphatic heterocycles. The van der Waals surface area contributed by atoms with Gasteiger partial charge in [0.2, 0.25) is 5.91 Å². The van der Waals surface area contributed by atoms with Crippen LogP contribution in [-0.2, 0) is 11.3 Å². The van der Waals surface area contributed by atoms with Crippen molar-refractivity contribution >= 4 is 5.91 Å². The number of nitrogens with zero attached hydrogens (tertiary/aromatic N) is 2. The van der Waals surface area contributed by atoms with Gasteiger partial charge in [-0.25, -0.2) is 0 Å². The van der Waals surface area contributed by atoms with Crippen LogP contribution in [0.3, 0.4) is 0 Å². The van der Waals surface area contributed by atoms with E-state index in [2.05, 4.69) is 21.3 Å². The lowest BCUT2D eigenvalue weighted by atomic mass is 10.0. The Kier molecular flexibility index (Phi) is 6.14. The van der Waals surface area contributed by atoms with Gasteiger partial charge in [-0.2, -0.15) is 0 Å². The zero-order chi connectivity index (χ0) is 15.1. The number of hydrogen-bond donors (Lipinski definition) is 2. The second kappa shape index (κ2) is 8.10. The third kappa shape index (κ3) is 5.81. The van der Waals surface area contributed by atoms with Gasteiger partial charge in [0.05, 0.1) is 5.69 Å². The van der Waals surface area contributed by atoms with Crippen LogP contribution in [0.2, 0.25) is 0 Å². The molecule has 1 atom stereocenters. The van der Waals surface area contributed by atoms with Crippen molar-refractivity contribution in [2.75, 3.05) is 13.1 Å². The molecule has 3 N–H and O–H groups in total. The number of pyridine rings is 1. The maximum absolute atomic E-state index is 11.8. The van der Waals surface area contributed by atoms with E-state index >= 15 is 0 Å². The fourth-order valence-electron chi connectivity index (χ4n) is 2.61. The number of rotatable bonds is 6. The standard InChI is InChI=1S/C16H26N4O/c1-13(17)5-6-16(21)19-14-7-10-20(11-8-14)12-15-4-2-3-9-18-15/h2-4,9,13-14H,5-8,10-12,17H2,1H3,(H,19,21). The highest BCUT2D eigenvalue weighted by molar-refractivity contribution is 5.76. The molecular formula is C16H26N4O. The Labute approximate surface area is 126 Å². The molecule has 1 unspecified atom stereocenters. The monoisotopic (exact) mass is 290 g/mol. The molecule has 0 aliphatic carbocycles. The third-order valence-electron chi connectivity index (χ3n) is 3.89. The second-order valence-corrected chi connectivity index (χ2v) is 5.95. The minimum Gasteiger partial charge on any atom is -0.353 e. The van der Waals surface area contributed by atoms with E-state index in [-0.39, 0.29) is 11.9 Å². The Bertz CT molecular complexity index is 427. The number of piperidine rings is 1. The molecule has 1 saturated heterocycles. The lowest BCUT2D eigenvalue weighted by Gasteiger charge is -2.32. The van der Waals surface area contributed by atoms with Crippen LogP contribution < -0.4 is 11.1 Å². The van der Waals surface area contributed by atoms with Crippen LogP contribution in [0, 0.1) is 0 Å². The molecule has 0 bridgehead atoms. The molecule has 0 radical (unpaired) electrons. The zero-order valence-corrected chi connectivity index (χ0v) is 12.8. The molecule has 0 saturated carbocycles. The van der Waals surface area contributed by atoms with Gasteiger partial charge in [0.1, 0.15) is 0 Å². The average Bonchev–Trinajstić information content (AvgIpc) is 2.48. The number of nitrogens with one attached hydrogen (secondary N) is 1. The summed E-state index contributed by atoms with van der Waals surface area (Å²) in [7, 11) is 0. The first kappa shape index (κ1) is 15.9. The Morgan fingerprint density at radius 3 is 2.86 bits per heavy atom. The molecule has 5 nitrogen and oxygen atoms in total. The van der Waals surface area contributed by atoms with Gasteiger partial charge in [0.25, 0.3) is 0 Å². The Morgan fingerprint density at radius 2 is 2.24 bits per heavy atom. The van der Waals surface area contributed by atoms with E-state index in [0.717, 1.165) is 44.6 Å². The van der Waals surface area contributed by atoms with E-state index in [0.29, 0.717) is 12.5 Å². The van der Waals surface area contributed by atoms with Gasteiger partial charge in [-0.3, -0.25) is 14.7 Å². The largest absolute Gasteiger partial charge is 0.353 e. The highest BCUT2D eigenvalue weighted by Gasteiger charge is 2.20. The molecule has 0 aromatic carbocycles. The Balaban J connectivity index is 1.67. The van der Waals surface area contributed by atoms with Crippen molar-refractivity contribution in [1.29, 1.82) is 0 Å². The summed E-state index contributed by atoms with van der Waals surface area (Å²) in [5.74, 6) is 0.135. The van der Waals surface area contributed by atoms with Crippen LogP contribution >= 0.6 is 0 Å². The number of carbonyl (C=O) groups is 1. The Morgan fingerprint density at radius 1 is 1.48 bits per heavy atom. The molecule has 2 heterocycles. The molecular weight excluding hydrogens is 264 g/mol. The molecule has 2 rings (SSSR count). The summed E-state index contributed by atoms with van der Waals surface area (Å²) in [6.45, 7) is 4.85. The average molecular weight is 290 g/mol. The van der Waals surface area contributed by atoms with Crippen molar-refractivity contribution in [1.82, 2.24) is 15.2 Å². The van der Waals surface area contributed by atoms with Crippen LogP contribution in [0.25, 0.3) is 0 Å². The first-order valence-corrected chi connectivity index (χ1v) is 7.80. The van der Waals surface area contributed by atoms with Crippen molar-refractivity contribution in [3.63, 3.8) is 0 Å². The van der Waals surface area contributed by atoms with E-state index in [1.807, 2.05) is 25.3 Å². The van der Waals surface area contributed by atoms with Crippen LogP contribution in [0.5, 0.6) is 0 Å². The maximum atomic E-state index is 11.8. The summed E-state index contributed by atoms with van der Waals surface area (Å²) < 4.78 is 0. The molecule has 1 fully saturated rings. The van der Waals surface area contributed by atoms with Crippen LogP contribution in [0.15, 0.2) is 24.4 Å². The summed E-state index contributed by atoms with van der Waals surface area (Å²) in [6, 6.07) is 6.42. The van der Waals surface area contributed by atoms with Crippen molar-refractivity contribution in [3.8, 4) is 0 Å². The predicted octanol–water partition coefficient (Wildman–Crippen LogP) is 1.29. The predicted molar refractivity (Wildman–Crippen MR) is 83.6 cm³/mol. The van der Waals surface area contributed by atoms with Gasteiger partial charge in [-0.15, -0.1) is 0 Å². The van der Waals surface area contributed by atoms with Gasteiger partial charge in [-0.05, 0) is 38.3 Å². The van der Waals surface area contributed by atoms with E-state index < -0.39 is 0 Å². The van der Waals surface area contributed by atoms with Crippen molar-refractivity contribution in [2.45, 2.75) is 51.2 Å². The van der Waals surface area contributed by atoms with E-state index in [9.17, 15) is 4.79 Å². The fourth-order valence-corrected chi connectivity index (χ4v) is 2.61. The van der Waals surface area contributed by atoms with E-state index in [1.165, 1.54) is 0 Å². The molecule has 5 heteroatoms. The molecule has 0 spiro atoms. The van der Waals surface area contributed by atoms with E-state index in [1.54, 1.807) is 0 Å². The number of nitrogens with two attached hydrogens (primary N) is 1. The number of carbonyl (C=O) groups excluding carboxylic acids is 1. The zero-order valence-electron chi connectivity index (χ0n) is 12.8. The lowest BCUT2D eigenvalue weighted by molar-refractivity contribution is -0.122. The van der Waals surface area contributed by atoms with Gasteiger partial charge >= 0.3 is 0 Å². The third-order valence-corrected chi connectivity index (χ3v) is 3.89. The first-order chi connectivity index (χ1) is 10.1. The smallest absolute Gasteiger partial charge is 0.220 e. The summed E-state index contributed by atoms with van der Waals surface area (Å²) in [6.07, 6.45) is 5.14.